The second-order valence-electron chi connectivity index (χ2n) is 3.81. The summed E-state index contributed by atoms with van der Waals surface area (Å²) in [5, 5.41) is 0. The molecule has 0 radical (unpaired) electrons. The lowest BCUT2D eigenvalue weighted by Crippen LogP contribution is -2.28. The van der Waals surface area contributed by atoms with Crippen LogP contribution in [0, 0.1) is 0 Å². The molecule has 0 saturated carbocycles. The minimum absolute atomic E-state index is 0.574. The summed E-state index contributed by atoms with van der Waals surface area (Å²) in [7, 11) is 1.67. The van der Waals surface area contributed by atoms with Crippen molar-refractivity contribution in [1.82, 2.24) is 4.98 Å². The number of ether oxygens (including phenoxy) is 2. The topological polar surface area (TPSA) is 31.4 Å². The van der Waals surface area contributed by atoms with Crippen molar-refractivity contribution in [2.45, 2.75) is 26.5 Å². The molecule has 0 aliphatic rings. The highest BCUT2D eigenvalue weighted by Crippen LogP contribution is 2.08. The predicted octanol–water partition coefficient (Wildman–Crippen LogP) is 1.85. The molecule has 0 fully saturated rings. The summed E-state index contributed by atoms with van der Waals surface area (Å²) in [5.41, 5.74) is 1.26. The smallest absolute Gasteiger partial charge is 0.177 e. The monoisotopic (exact) mass is 221 g/mol. The van der Waals surface area contributed by atoms with Crippen molar-refractivity contribution in [3.63, 3.8) is 0 Å². The predicted molar refractivity (Wildman–Crippen MR) is 68.0 cm³/mol. The summed E-state index contributed by atoms with van der Waals surface area (Å²) in [5.74, 6) is 0.835. The van der Waals surface area contributed by atoms with Crippen LogP contribution in [0.1, 0.15) is 13.8 Å². The van der Waals surface area contributed by atoms with Gasteiger partial charge in [0, 0.05) is 13.3 Å². The molecule has 0 atom stereocenters. The van der Waals surface area contributed by atoms with Crippen LogP contribution in [-0.2, 0) is 4.74 Å². The van der Waals surface area contributed by atoms with Gasteiger partial charge in [-0.25, -0.2) is 0 Å². The molecule has 0 amide bonds. The van der Waals surface area contributed by atoms with Gasteiger partial charge in [0.1, 0.15) is 12.4 Å². The number of hydrogen-bond acceptors (Lipinski definition) is 3. The van der Waals surface area contributed by atoms with Gasteiger partial charge in [0.05, 0.1) is 12.8 Å². The van der Waals surface area contributed by atoms with E-state index in [0.29, 0.717) is 19.9 Å². The van der Waals surface area contributed by atoms with Gasteiger partial charge >= 0.3 is 0 Å². The van der Waals surface area contributed by atoms with Gasteiger partial charge in [-0.2, -0.15) is 0 Å². The quantitative estimate of drug-likeness (QED) is 0.520. The molecule has 88 valence electrons. The van der Waals surface area contributed by atoms with Crippen LogP contribution in [0.5, 0.6) is 5.75 Å². The highest BCUT2D eigenvalue weighted by Gasteiger charge is 2.12. The van der Waals surface area contributed by atoms with E-state index in [-0.39, 0.29) is 0 Å². The number of hydrogen-bond donors (Lipinski definition) is 0. The Morgan fingerprint density at radius 1 is 1.19 bits per heavy atom. The molecule has 0 aliphatic carbocycles. The zero-order valence-corrected chi connectivity index (χ0v) is 10.4. The molecule has 1 rings (SSSR count). The Morgan fingerprint density at radius 3 is 2.56 bits per heavy atom. The molecule has 1 aromatic rings. The van der Waals surface area contributed by atoms with Crippen LogP contribution in [-0.4, -0.2) is 32.0 Å². The van der Waals surface area contributed by atoms with Crippen LogP contribution in [0.3, 0.4) is 0 Å². The summed E-state index contributed by atoms with van der Waals surface area (Å²) in [6.45, 7) is 6.16. The second kappa shape index (κ2) is 7.28. The van der Waals surface area contributed by atoms with Crippen molar-refractivity contribution in [1.29, 1.82) is 0 Å². The van der Waals surface area contributed by atoms with Crippen LogP contribution < -0.4 is 10.2 Å². The summed E-state index contributed by atoms with van der Waals surface area (Å²) in [6, 6.07) is 2.08. The Balaban J connectivity index is 2.62. The van der Waals surface area contributed by atoms with Gasteiger partial charge in [-0.15, -0.1) is 0 Å². The highest BCUT2D eigenvalue weighted by molar-refractivity contribution is 6.73. The Morgan fingerprint density at radius 2 is 1.94 bits per heavy atom. The third-order valence-corrected chi connectivity index (χ3v) is 2.75. The molecule has 0 N–H and O–H groups in total. The second-order valence-corrected chi connectivity index (χ2v) is 3.81. The first kappa shape index (κ1) is 13.0. The molecule has 0 saturated heterocycles. The fourth-order valence-electron chi connectivity index (χ4n) is 1.74. The molecule has 0 aliphatic heterocycles. The van der Waals surface area contributed by atoms with Crippen LogP contribution in [0.4, 0.5) is 0 Å². The van der Waals surface area contributed by atoms with Gasteiger partial charge in [0.25, 0.3) is 0 Å². The lowest BCUT2D eigenvalue weighted by molar-refractivity contribution is 0.146. The number of methoxy groups -OCH3 is 1. The van der Waals surface area contributed by atoms with Crippen molar-refractivity contribution in [2.24, 2.45) is 0 Å². The molecule has 1 heterocycles. The van der Waals surface area contributed by atoms with E-state index < -0.39 is 0 Å². The zero-order chi connectivity index (χ0) is 11.8. The van der Waals surface area contributed by atoms with E-state index in [9.17, 15) is 0 Å². The minimum Gasteiger partial charge on any atom is -0.490 e. The van der Waals surface area contributed by atoms with Crippen LogP contribution >= 0.6 is 0 Å². The average molecular weight is 221 g/mol. The normalized spacial score (nSPS) is 10.2. The fourth-order valence-corrected chi connectivity index (χ4v) is 1.74. The van der Waals surface area contributed by atoms with Crippen molar-refractivity contribution < 1.29 is 9.47 Å². The van der Waals surface area contributed by atoms with E-state index in [0.717, 1.165) is 18.4 Å². The minimum atomic E-state index is 0.574. The zero-order valence-electron chi connectivity index (χ0n) is 10.4. The lowest BCUT2D eigenvalue weighted by Gasteiger charge is -2.11. The first-order valence-electron chi connectivity index (χ1n) is 5.88. The van der Waals surface area contributed by atoms with Gasteiger partial charge in [0.15, 0.2) is 6.71 Å². The molecule has 0 aromatic carbocycles. The third kappa shape index (κ3) is 3.85. The molecule has 0 unspecified atom stereocenters. The molecule has 4 heteroatoms. The van der Waals surface area contributed by atoms with Gasteiger partial charge in [-0.3, -0.25) is 4.98 Å². The van der Waals surface area contributed by atoms with Crippen LogP contribution in [0.25, 0.3) is 0 Å². The third-order valence-electron chi connectivity index (χ3n) is 2.75. The number of nitrogens with zero attached hydrogens (tertiary/aromatic N) is 1. The van der Waals surface area contributed by atoms with Gasteiger partial charge in [-0.1, -0.05) is 32.0 Å². The Kier molecular flexibility index (Phi) is 5.94. The summed E-state index contributed by atoms with van der Waals surface area (Å²) in [4.78, 5) is 4.21. The maximum atomic E-state index is 5.54. The van der Waals surface area contributed by atoms with E-state index in [4.69, 9.17) is 9.47 Å². The van der Waals surface area contributed by atoms with Crippen molar-refractivity contribution in [3.05, 3.63) is 18.5 Å². The van der Waals surface area contributed by atoms with Gasteiger partial charge < -0.3 is 9.47 Å². The number of rotatable bonds is 7. The maximum absolute atomic E-state index is 5.54. The van der Waals surface area contributed by atoms with Crippen LogP contribution in [0.2, 0.25) is 12.6 Å². The average Bonchev–Trinajstić information content (AvgIpc) is 2.32. The van der Waals surface area contributed by atoms with E-state index in [1.807, 2.05) is 6.20 Å². The first-order chi connectivity index (χ1) is 7.81. The van der Waals surface area contributed by atoms with E-state index in [1.165, 1.54) is 5.46 Å². The fraction of sp³-hybridized carbons (Fsp3) is 0.583. The highest BCUT2D eigenvalue weighted by atomic mass is 16.5. The van der Waals surface area contributed by atoms with Crippen molar-refractivity contribution >= 4 is 12.2 Å². The Hall–Kier alpha value is -1.03. The maximum Gasteiger partial charge on any atom is 0.177 e. The number of aromatic nitrogens is 1. The molecular formula is C12H20BNO2. The molecule has 0 spiro atoms. The standard InChI is InChI=1S/C12H20BNO2/c1-4-13(5-2)11-8-12(10-14-9-11)16-7-6-15-3/h8-10H,4-7H2,1-3H3. The van der Waals surface area contributed by atoms with Crippen molar-refractivity contribution in [2.75, 3.05) is 20.3 Å². The molecule has 3 nitrogen and oxygen atoms in total. The van der Waals surface area contributed by atoms with E-state index in [1.54, 1.807) is 13.3 Å². The first-order valence-corrected chi connectivity index (χ1v) is 5.88. The largest absolute Gasteiger partial charge is 0.490 e. The van der Waals surface area contributed by atoms with E-state index in [2.05, 4.69) is 24.9 Å². The molecular weight excluding hydrogens is 201 g/mol. The summed E-state index contributed by atoms with van der Waals surface area (Å²) in [6.07, 6.45) is 5.96. The van der Waals surface area contributed by atoms with Crippen molar-refractivity contribution in [3.8, 4) is 5.75 Å². The molecule has 0 bridgehead atoms. The summed E-state index contributed by atoms with van der Waals surface area (Å²) >= 11 is 0. The Bertz CT molecular complexity index is 303. The van der Waals surface area contributed by atoms with E-state index >= 15 is 0 Å². The molecule has 16 heavy (non-hydrogen) atoms. The Labute approximate surface area is 98.3 Å². The summed E-state index contributed by atoms with van der Waals surface area (Å²) < 4.78 is 10.5. The lowest BCUT2D eigenvalue weighted by atomic mass is 9.42. The van der Waals surface area contributed by atoms with Crippen LogP contribution in [0.15, 0.2) is 18.5 Å². The van der Waals surface area contributed by atoms with Gasteiger partial charge in [-0.05, 0) is 6.07 Å². The number of pyridine rings is 1. The molecule has 1 aromatic heterocycles. The SMILES string of the molecule is CCB(CC)c1cncc(OCCOC)c1. The van der Waals surface area contributed by atoms with Gasteiger partial charge in [0.2, 0.25) is 0 Å².